The number of rotatable bonds is 6. The van der Waals surface area contributed by atoms with Crippen molar-refractivity contribution in [2.75, 3.05) is 13.1 Å². The molecule has 0 unspecified atom stereocenters. The quantitative estimate of drug-likeness (QED) is 0.715. The van der Waals surface area contributed by atoms with Gasteiger partial charge in [0.2, 0.25) is 10.0 Å². The third-order valence-corrected chi connectivity index (χ3v) is 5.01. The van der Waals surface area contributed by atoms with Gasteiger partial charge in [0.25, 0.3) is 0 Å². The highest BCUT2D eigenvalue weighted by Gasteiger charge is 2.25. The summed E-state index contributed by atoms with van der Waals surface area (Å²) in [5.41, 5.74) is 0.00235. The van der Waals surface area contributed by atoms with E-state index in [1.165, 1.54) is 16.8 Å². The molecule has 21 heavy (non-hydrogen) atoms. The summed E-state index contributed by atoms with van der Waals surface area (Å²) in [4.78, 5) is 11.2. The molecule has 0 amide bonds. The summed E-state index contributed by atoms with van der Waals surface area (Å²) in [7, 11) is -3.68. The van der Waals surface area contributed by atoms with Crippen molar-refractivity contribution in [3.05, 3.63) is 18.0 Å². The molecule has 0 radical (unpaired) electrons. The highest BCUT2D eigenvalue weighted by Crippen LogP contribution is 2.17. The zero-order chi connectivity index (χ0) is 15.5. The molecule has 1 aliphatic heterocycles. The number of aromatic nitrogens is 1. The Morgan fingerprint density at radius 2 is 2.14 bits per heavy atom. The van der Waals surface area contributed by atoms with Crippen molar-refractivity contribution in [1.82, 2.24) is 14.6 Å². The Kier molecular flexibility index (Phi) is 5.02. The monoisotopic (exact) mass is 315 g/mol. The summed E-state index contributed by atoms with van der Waals surface area (Å²) in [5.74, 6) is -1.12. The van der Waals surface area contributed by atoms with Gasteiger partial charge in [-0.3, -0.25) is 0 Å². The molecule has 8 heteroatoms. The van der Waals surface area contributed by atoms with E-state index in [1.54, 1.807) is 0 Å². The van der Waals surface area contributed by atoms with Crippen LogP contribution in [0.2, 0.25) is 0 Å². The Balaban J connectivity index is 2.22. The smallest absolute Gasteiger partial charge is 0.352 e. The number of nitrogens with one attached hydrogen (secondary N) is 2. The number of aromatic carboxylic acids is 1. The summed E-state index contributed by atoms with van der Waals surface area (Å²) in [6.45, 7) is 3.95. The van der Waals surface area contributed by atoms with E-state index >= 15 is 0 Å². The lowest BCUT2D eigenvalue weighted by molar-refractivity contribution is 0.0685. The minimum absolute atomic E-state index is 0.00235. The lowest BCUT2D eigenvalue weighted by Crippen LogP contribution is -2.42. The van der Waals surface area contributed by atoms with Gasteiger partial charge in [-0.1, -0.05) is 6.92 Å². The van der Waals surface area contributed by atoms with Crippen molar-refractivity contribution in [3.63, 3.8) is 0 Å². The number of carboxylic acids is 1. The van der Waals surface area contributed by atoms with Crippen molar-refractivity contribution in [1.29, 1.82) is 0 Å². The second-order valence-electron chi connectivity index (χ2n) is 5.21. The van der Waals surface area contributed by atoms with Crippen LogP contribution in [0.5, 0.6) is 0 Å². The molecular formula is C13H21N3O4S. The van der Waals surface area contributed by atoms with Crippen LogP contribution in [0.3, 0.4) is 0 Å². The van der Waals surface area contributed by atoms with Crippen LogP contribution in [-0.2, 0) is 16.6 Å². The second-order valence-corrected chi connectivity index (χ2v) is 6.92. The van der Waals surface area contributed by atoms with Gasteiger partial charge in [-0.25, -0.2) is 17.9 Å². The topological polar surface area (TPSA) is 100 Å². The van der Waals surface area contributed by atoms with E-state index in [1.807, 2.05) is 6.92 Å². The van der Waals surface area contributed by atoms with Crippen molar-refractivity contribution < 1.29 is 18.3 Å². The minimum atomic E-state index is -3.68. The number of carbonyl (C=O) groups is 1. The highest BCUT2D eigenvalue weighted by atomic mass is 32.2. The molecule has 7 nitrogen and oxygen atoms in total. The van der Waals surface area contributed by atoms with Gasteiger partial charge in [-0.2, -0.15) is 0 Å². The molecule has 1 fully saturated rings. The van der Waals surface area contributed by atoms with Gasteiger partial charge >= 0.3 is 5.97 Å². The van der Waals surface area contributed by atoms with Crippen LogP contribution in [0, 0.1) is 0 Å². The Morgan fingerprint density at radius 3 is 2.71 bits per heavy atom. The molecule has 2 rings (SSSR count). The Labute approximate surface area is 124 Å². The van der Waals surface area contributed by atoms with Crippen molar-refractivity contribution in [3.8, 4) is 0 Å². The van der Waals surface area contributed by atoms with E-state index in [9.17, 15) is 13.2 Å². The van der Waals surface area contributed by atoms with Gasteiger partial charge in [-0.15, -0.1) is 0 Å². The number of hydrogen-bond acceptors (Lipinski definition) is 4. The molecule has 2 heterocycles. The van der Waals surface area contributed by atoms with Crippen LogP contribution in [0.1, 0.15) is 36.7 Å². The summed E-state index contributed by atoms with van der Waals surface area (Å²) in [5, 5.41) is 12.3. The summed E-state index contributed by atoms with van der Waals surface area (Å²) in [6.07, 6.45) is 3.61. The number of nitrogens with zero attached hydrogens (tertiary/aromatic N) is 1. The van der Waals surface area contributed by atoms with E-state index in [0.717, 1.165) is 32.4 Å². The first-order chi connectivity index (χ1) is 9.94. The zero-order valence-corrected chi connectivity index (χ0v) is 12.8. The number of sulfonamides is 1. The van der Waals surface area contributed by atoms with Crippen LogP contribution >= 0.6 is 0 Å². The molecule has 0 aromatic carbocycles. The van der Waals surface area contributed by atoms with E-state index in [0.29, 0.717) is 6.54 Å². The zero-order valence-electron chi connectivity index (χ0n) is 12.0. The fourth-order valence-corrected chi connectivity index (χ4v) is 3.81. The minimum Gasteiger partial charge on any atom is -0.477 e. The predicted octanol–water partition coefficient (Wildman–Crippen LogP) is 0.627. The second kappa shape index (κ2) is 6.59. The lowest BCUT2D eigenvalue weighted by Gasteiger charge is -2.23. The summed E-state index contributed by atoms with van der Waals surface area (Å²) in [6, 6.07) is 1.13. The highest BCUT2D eigenvalue weighted by molar-refractivity contribution is 7.89. The van der Waals surface area contributed by atoms with Crippen LogP contribution in [0.15, 0.2) is 17.2 Å². The average Bonchev–Trinajstić information content (AvgIpc) is 2.85. The van der Waals surface area contributed by atoms with Gasteiger partial charge in [-0.05, 0) is 38.4 Å². The normalized spacial score (nSPS) is 17.0. The molecule has 1 aromatic rings. The van der Waals surface area contributed by atoms with Gasteiger partial charge in [0.1, 0.15) is 10.6 Å². The third-order valence-electron chi connectivity index (χ3n) is 3.53. The number of carboxylic acid groups (broad SMARTS) is 1. The number of hydrogen-bond donors (Lipinski definition) is 3. The van der Waals surface area contributed by atoms with Crippen LogP contribution < -0.4 is 10.0 Å². The molecule has 1 saturated heterocycles. The van der Waals surface area contributed by atoms with Crippen LogP contribution in [-0.4, -0.2) is 43.2 Å². The van der Waals surface area contributed by atoms with Crippen molar-refractivity contribution in [2.45, 2.75) is 43.7 Å². The van der Waals surface area contributed by atoms with E-state index in [2.05, 4.69) is 10.0 Å². The Hall–Kier alpha value is -1.38. The fourth-order valence-electron chi connectivity index (χ4n) is 2.46. The van der Waals surface area contributed by atoms with E-state index in [4.69, 9.17) is 5.11 Å². The Morgan fingerprint density at radius 1 is 1.48 bits per heavy atom. The van der Waals surface area contributed by atoms with Crippen molar-refractivity contribution >= 4 is 16.0 Å². The Bertz CT molecular complexity index is 603. The maximum Gasteiger partial charge on any atom is 0.352 e. The first-order valence-corrected chi connectivity index (χ1v) is 8.59. The molecule has 0 spiro atoms. The first-order valence-electron chi connectivity index (χ1n) is 7.10. The molecule has 118 valence electrons. The average molecular weight is 315 g/mol. The molecule has 0 atom stereocenters. The fraction of sp³-hybridized carbons (Fsp3) is 0.615. The maximum absolute atomic E-state index is 12.4. The molecule has 1 aliphatic rings. The molecule has 0 aliphatic carbocycles. The third kappa shape index (κ3) is 3.84. The maximum atomic E-state index is 12.4. The van der Waals surface area contributed by atoms with Crippen LogP contribution in [0.4, 0.5) is 0 Å². The predicted molar refractivity (Wildman–Crippen MR) is 77.9 cm³/mol. The van der Waals surface area contributed by atoms with E-state index in [-0.39, 0.29) is 16.6 Å². The van der Waals surface area contributed by atoms with E-state index < -0.39 is 16.0 Å². The van der Waals surface area contributed by atoms with Gasteiger partial charge in [0.15, 0.2) is 0 Å². The lowest BCUT2D eigenvalue weighted by atomic mass is 10.1. The van der Waals surface area contributed by atoms with Gasteiger partial charge in [0.05, 0.1) is 0 Å². The summed E-state index contributed by atoms with van der Waals surface area (Å²) >= 11 is 0. The largest absolute Gasteiger partial charge is 0.477 e. The number of piperidine rings is 1. The molecule has 3 N–H and O–H groups in total. The molecule has 0 saturated carbocycles. The molecular weight excluding hydrogens is 294 g/mol. The first kappa shape index (κ1) is 16.0. The van der Waals surface area contributed by atoms with Gasteiger partial charge < -0.3 is 15.0 Å². The molecule has 0 bridgehead atoms. The van der Waals surface area contributed by atoms with Gasteiger partial charge in [0, 0.05) is 18.8 Å². The SMILES string of the molecule is CCCn1cc(S(=O)(=O)NC2CCNCC2)cc1C(=O)O. The standard InChI is InChI=1S/C13H21N3O4S/c1-2-7-16-9-11(8-12(16)13(17)18)21(19,20)15-10-3-5-14-6-4-10/h8-10,14-15H,2-7H2,1H3,(H,17,18). The van der Waals surface area contributed by atoms with Crippen molar-refractivity contribution in [2.24, 2.45) is 0 Å². The summed E-state index contributed by atoms with van der Waals surface area (Å²) < 4.78 is 28.8. The number of aryl methyl sites for hydroxylation is 1. The van der Waals surface area contributed by atoms with Crippen LogP contribution in [0.25, 0.3) is 0 Å². The molecule has 1 aromatic heterocycles.